The van der Waals surface area contributed by atoms with Gasteiger partial charge in [0, 0.05) is 43.8 Å². The summed E-state index contributed by atoms with van der Waals surface area (Å²) >= 11 is 0. The maximum Gasteiger partial charge on any atom is 0.295 e. The molecule has 1 saturated heterocycles. The zero-order chi connectivity index (χ0) is 19.2. The largest absolute Gasteiger partial charge is 0.383 e. The zero-order valence-corrected chi connectivity index (χ0v) is 15.3. The van der Waals surface area contributed by atoms with Crippen molar-refractivity contribution in [3.8, 4) is 0 Å². The number of benzene rings is 1. The first-order valence-electron chi connectivity index (χ1n) is 8.86. The smallest absolute Gasteiger partial charge is 0.295 e. The third-order valence-corrected chi connectivity index (χ3v) is 4.47. The quantitative estimate of drug-likeness (QED) is 0.432. The molecule has 0 atom stereocenters. The summed E-state index contributed by atoms with van der Waals surface area (Å²) < 4.78 is 11.8. The Kier molecular flexibility index (Phi) is 6.20. The number of nitrogens with one attached hydrogen (secondary N) is 1. The first-order valence-corrected chi connectivity index (χ1v) is 8.86. The van der Waals surface area contributed by atoms with Crippen molar-refractivity contribution in [1.82, 2.24) is 14.8 Å². The molecule has 2 heterocycles. The van der Waals surface area contributed by atoms with Crippen LogP contribution in [0.5, 0.6) is 0 Å². The minimum atomic E-state index is -0.563. The summed E-state index contributed by atoms with van der Waals surface area (Å²) in [5.74, 6) is -1.29. The van der Waals surface area contributed by atoms with Crippen LogP contribution in [0.4, 0.5) is 0 Å². The lowest BCUT2D eigenvalue weighted by molar-refractivity contribution is -0.130. The molecular weight excluding hydrogens is 350 g/mol. The number of carbonyl (C=O) groups is 3. The van der Waals surface area contributed by atoms with Crippen molar-refractivity contribution < 1.29 is 23.9 Å². The number of aromatic nitrogens is 1. The summed E-state index contributed by atoms with van der Waals surface area (Å²) in [5.41, 5.74) is 1.05. The molecule has 0 saturated carbocycles. The highest BCUT2D eigenvalue weighted by Gasteiger charge is 2.27. The zero-order valence-electron chi connectivity index (χ0n) is 15.3. The molecule has 3 rings (SSSR count). The summed E-state index contributed by atoms with van der Waals surface area (Å²) in [5, 5.41) is 3.41. The normalized spacial score (nSPS) is 14.3. The van der Waals surface area contributed by atoms with Crippen LogP contribution in [-0.2, 0) is 25.6 Å². The van der Waals surface area contributed by atoms with E-state index in [1.807, 2.05) is 12.1 Å². The summed E-state index contributed by atoms with van der Waals surface area (Å²) in [6, 6.07) is 7.25. The van der Waals surface area contributed by atoms with Gasteiger partial charge in [0.2, 0.25) is 5.91 Å². The van der Waals surface area contributed by atoms with Gasteiger partial charge in [-0.3, -0.25) is 14.4 Å². The fourth-order valence-corrected chi connectivity index (χ4v) is 3.09. The van der Waals surface area contributed by atoms with Gasteiger partial charge < -0.3 is 24.3 Å². The number of amides is 2. The molecule has 0 radical (unpaired) electrons. The summed E-state index contributed by atoms with van der Waals surface area (Å²) in [4.78, 5) is 39.0. The molecule has 144 valence electrons. The van der Waals surface area contributed by atoms with Crippen LogP contribution in [0, 0.1) is 0 Å². The van der Waals surface area contributed by atoms with E-state index in [2.05, 4.69) is 5.32 Å². The second-order valence-electron chi connectivity index (χ2n) is 6.26. The van der Waals surface area contributed by atoms with E-state index in [-0.39, 0.29) is 12.5 Å². The molecule has 27 heavy (non-hydrogen) atoms. The molecule has 1 aromatic carbocycles. The van der Waals surface area contributed by atoms with Gasteiger partial charge in [0.05, 0.1) is 25.4 Å². The highest BCUT2D eigenvalue weighted by Crippen LogP contribution is 2.22. The topological polar surface area (TPSA) is 89.9 Å². The third kappa shape index (κ3) is 4.35. The second kappa shape index (κ2) is 8.79. The van der Waals surface area contributed by atoms with Crippen LogP contribution in [0.2, 0.25) is 0 Å². The van der Waals surface area contributed by atoms with Crippen molar-refractivity contribution in [3.63, 3.8) is 0 Å². The standard InChI is InChI=1S/C19H23N3O5/c1-26-9-6-20-17(23)13-22-12-15(14-4-2-3-5-16(14)22)18(24)19(25)21-7-10-27-11-8-21/h2-5,12H,6-11,13H2,1H3,(H,20,23). The number of nitrogens with zero attached hydrogens (tertiary/aromatic N) is 2. The van der Waals surface area contributed by atoms with E-state index in [4.69, 9.17) is 9.47 Å². The Morgan fingerprint density at radius 2 is 1.93 bits per heavy atom. The first kappa shape index (κ1) is 19.1. The van der Waals surface area contributed by atoms with Gasteiger partial charge in [-0.1, -0.05) is 18.2 Å². The molecule has 1 N–H and O–H groups in total. The van der Waals surface area contributed by atoms with Gasteiger partial charge in [-0.15, -0.1) is 0 Å². The number of ether oxygens (including phenoxy) is 2. The molecule has 8 heteroatoms. The van der Waals surface area contributed by atoms with Gasteiger partial charge in [0.15, 0.2) is 0 Å². The van der Waals surface area contributed by atoms with Gasteiger partial charge in [-0.05, 0) is 6.07 Å². The highest BCUT2D eigenvalue weighted by molar-refractivity contribution is 6.44. The third-order valence-electron chi connectivity index (χ3n) is 4.47. The first-order chi connectivity index (χ1) is 13.1. The van der Waals surface area contributed by atoms with Crippen LogP contribution in [-0.4, -0.2) is 73.6 Å². The van der Waals surface area contributed by atoms with E-state index in [1.165, 1.54) is 4.90 Å². The number of rotatable bonds is 7. The van der Waals surface area contributed by atoms with Gasteiger partial charge >= 0.3 is 0 Å². The van der Waals surface area contributed by atoms with Crippen molar-refractivity contribution in [2.75, 3.05) is 46.6 Å². The molecule has 1 aliphatic heterocycles. The lowest BCUT2D eigenvalue weighted by atomic mass is 10.1. The summed E-state index contributed by atoms with van der Waals surface area (Å²) in [6.45, 7) is 2.58. The van der Waals surface area contributed by atoms with E-state index < -0.39 is 11.7 Å². The van der Waals surface area contributed by atoms with Crippen molar-refractivity contribution in [2.45, 2.75) is 6.54 Å². The SMILES string of the molecule is COCCNC(=O)Cn1cc(C(=O)C(=O)N2CCOCC2)c2ccccc21. The van der Waals surface area contributed by atoms with Crippen molar-refractivity contribution in [2.24, 2.45) is 0 Å². The fourth-order valence-electron chi connectivity index (χ4n) is 3.09. The Balaban J connectivity index is 1.82. The van der Waals surface area contributed by atoms with Crippen LogP contribution in [0.3, 0.4) is 0 Å². The Labute approximate surface area is 157 Å². The maximum atomic E-state index is 12.8. The number of hydrogen-bond acceptors (Lipinski definition) is 5. The van der Waals surface area contributed by atoms with Crippen LogP contribution in [0.15, 0.2) is 30.5 Å². The minimum absolute atomic E-state index is 0.0588. The molecule has 1 aromatic heterocycles. The van der Waals surface area contributed by atoms with Crippen LogP contribution in [0.1, 0.15) is 10.4 Å². The Morgan fingerprint density at radius 3 is 2.67 bits per heavy atom. The van der Waals surface area contributed by atoms with Crippen molar-refractivity contribution in [3.05, 3.63) is 36.0 Å². The number of fused-ring (bicyclic) bond motifs is 1. The molecule has 2 aromatic rings. The van der Waals surface area contributed by atoms with Gasteiger partial charge in [0.1, 0.15) is 6.54 Å². The number of hydrogen-bond donors (Lipinski definition) is 1. The molecule has 8 nitrogen and oxygen atoms in total. The molecule has 0 spiro atoms. The number of ketones is 1. The van der Waals surface area contributed by atoms with E-state index in [1.54, 1.807) is 30.0 Å². The van der Waals surface area contributed by atoms with E-state index in [9.17, 15) is 14.4 Å². The molecule has 0 bridgehead atoms. The van der Waals surface area contributed by atoms with Crippen LogP contribution in [0.25, 0.3) is 10.9 Å². The highest BCUT2D eigenvalue weighted by atomic mass is 16.5. The number of morpholine rings is 1. The van der Waals surface area contributed by atoms with Crippen molar-refractivity contribution in [1.29, 1.82) is 0 Å². The lowest BCUT2D eigenvalue weighted by Gasteiger charge is -2.25. The molecule has 1 fully saturated rings. The molecular formula is C19H23N3O5. The van der Waals surface area contributed by atoms with E-state index >= 15 is 0 Å². The Hall–Kier alpha value is -2.71. The summed E-state index contributed by atoms with van der Waals surface area (Å²) in [7, 11) is 1.56. The minimum Gasteiger partial charge on any atom is -0.383 e. The molecule has 1 aliphatic rings. The summed E-state index contributed by atoms with van der Waals surface area (Å²) in [6.07, 6.45) is 1.58. The molecule has 0 aliphatic carbocycles. The predicted molar refractivity (Wildman–Crippen MR) is 98.6 cm³/mol. The second-order valence-corrected chi connectivity index (χ2v) is 6.26. The van der Waals surface area contributed by atoms with Gasteiger partial charge in [0.25, 0.3) is 11.7 Å². The maximum absolute atomic E-state index is 12.8. The molecule has 2 amide bonds. The lowest BCUT2D eigenvalue weighted by Crippen LogP contribution is -2.44. The van der Waals surface area contributed by atoms with Crippen molar-refractivity contribution >= 4 is 28.5 Å². The molecule has 0 unspecified atom stereocenters. The fraction of sp³-hybridized carbons (Fsp3) is 0.421. The van der Waals surface area contributed by atoms with Crippen LogP contribution >= 0.6 is 0 Å². The number of carbonyl (C=O) groups excluding carboxylic acids is 3. The average molecular weight is 373 g/mol. The van der Waals surface area contributed by atoms with Gasteiger partial charge in [-0.2, -0.15) is 0 Å². The van der Waals surface area contributed by atoms with E-state index in [0.29, 0.717) is 50.4 Å². The predicted octanol–water partition coefficient (Wildman–Crippen LogP) is 0.445. The van der Waals surface area contributed by atoms with Crippen LogP contribution < -0.4 is 5.32 Å². The number of methoxy groups -OCH3 is 1. The average Bonchev–Trinajstić information content (AvgIpc) is 3.06. The number of para-hydroxylation sites is 1. The Bertz CT molecular complexity index is 839. The van der Waals surface area contributed by atoms with Gasteiger partial charge in [-0.25, -0.2) is 0 Å². The Morgan fingerprint density at radius 1 is 1.19 bits per heavy atom. The van der Waals surface area contributed by atoms with E-state index in [0.717, 1.165) is 5.52 Å². The monoisotopic (exact) mass is 373 g/mol. The number of Topliss-reactive ketones (excluding diaryl/α,β-unsaturated/α-hetero) is 1.